The Hall–Kier alpha value is -1.31. The fourth-order valence-corrected chi connectivity index (χ4v) is 3.86. The summed E-state index contributed by atoms with van der Waals surface area (Å²) in [4.78, 5) is 12.0. The molecule has 0 aromatic carbocycles. The van der Waals surface area contributed by atoms with Crippen LogP contribution >= 0.6 is 11.8 Å². The number of carbonyl (C=O) groups is 1. The van der Waals surface area contributed by atoms with E-state index in [0.717, 1.165) is 29.7 Å². The predicted molar refractivity (Wildman–Crippen MR) is 84.6 cm³/mol. The Morgan fingerprint density at radius 3 is 3.09 bits per heavy atom. The summed E-state index contributed by atoms with van der Waals surface area (Å²) < 4.78 is 25.6. The summed E-state index contributed by atoms with van der Waals surface area (Å²) in [6.45, 7) is 1.67. The van der Waals surface area contributed by atoms with Gasteiger partial charge in [0.15, 0.2) is 0 Å². The van der Waals surface area contributed by atoms with Gasteiger partial charge < -0.3 is 10.6 Å². The second-order valence-electron chi connectivity index (χ2n) is 5.38. The molecule has 0 saturated heterocycles. The number of alkyl halides is 2. The number of halogens is 2. The van der Waals surface area contributed by atoms with E-state index in [-0.39, 0.29) is 12.1 Å². The van der Waals surface area contributed by atoms with Crippen LogP contribution in [0.25, 0.3) is 0 Å². The molecular weight excluding hydrogens is 310 g/mol. The summed E-state index contributed by atoms with van der Waals surface area (Å²) in [7, 11) is 0. The number of hydrogen-bond donors (Lipinski definition) is 2. The van der Waals surface area contributed by atoms with Crippen molar-refractivity contribution in [2.45, 2.75) is 56.9 Å². The van der Waals surface area contributed by atoms with Gasteiger partial charge in [-0.3, -0.25) is 4.68 Å². The largest absolute Gasteiger partial charge is 0.335 e. The van der Waals surface area contributed by atoms with Gasteiger partial charge in [0, 0.05) is 17.5 Å². The molecule has 124 valence electrons. The normalized spacial score (nSPS) is 21.8. The zero-order chi connectivity index (χ0) is 15.9. The first-order valence-electron chi connectivity index (χ1n) is 7.56. The first-order valence-corrected chi connectivity index (χ1v) is 8.61. The van der Waals surface area contributed by atoms with Gasteiger partial charge in [-0.05, 0) is 25.0 Å². The van der Waals surface area contributed by atoms with Crippen LogP contribution in [0.4, 0.5) is 19.3 Å². The van der Waals surface area contributed by atoms with Crippen LogP contribution in [0.2, 0.25) is 0 Å². The molecule has 0 radical (unpaired) electrons. The predicted octanol–water partition coefficient (Wildman–Crippen LogP) is 3.33. The number of urea groups is 1. The smallest absolute Gasteiger partial charge is 0.319 e. The Morgan fingerprint density at radius 1 is 1.55 bits per heavy atom. The average molecular weight is 332 g/mol. The number of anilines is 1. The topological polar surface area (TPSA) is 59.0 Å². The standard InChI is InChI=1S/C14H22F2N4OS/c1-2-22-12-5-3-4-10(6-12)18-14(21)19-11-7-17-20(8-11)9-13(15)16/h7-8,10,12-13H,2-6,9H2,1H3,(H2,18,19,21)/t10-,12+/m0/s1. The molecule has 1 aliphatic rings. The van der Waals surface area contributed by atoms with E-state index in [2.05, 4.69) is 22.7 Å². The first-order chi connectivity index (χ1) is 10.6. The van der Waals surface area contributed by atoms with Crippen LogP contribution in [0.15, 0.2) is 12.4 Å². The van der Waals surface area contributed by atoms with E-state index < -0.39 is 13.0 Å². The van der Waals surface area contributed by atoms with Crippen LogP contribution in [-0.2, 0) is 6.54 Å². The van der Waals surface area contributed by atoms with Crippen LogP contribution in [0, 0.1) is 0 Å². The third-order valence-corrected chi connectivity index (χ3v) is 4.81. The van der Waals surface area contributed by atoms with Crippen LogP contribution in [-0.4, -0.2) is 39.3 Å². The van der Waals surface area contributed by atoms with Gasteiger partial charge in [-0.1, -0.05) is 13.3 Å². The molecule has 5 nitrogen and oxygen atoms in total. The van der Waals surface area contributed by atoms with Crippen molar-refractivity contribution in [2.24, 2.45) is 0 Å². The van der Waals surface area contributed by atoms with Crippen molar-refractivity contribution in [3.8, 4) is 0 Å². The number of thioether (sulfide) groups is 1. The highest BCUT2D eigenvalue weighted by molar-refractivity contribution is 7.99. The molecule has 22 heavy (non-hydrogen) atoms. The van der Waals surface area contributed by atoms with E-state index in [1.165, 1.54) is 18.8 Å². The van der Waals surface area contributed by atoms with Gasteiger partial charge in [0.05, 0.1) is 11.9 Å². The second kappa shape index (κ2) is 8.36. The van der Waals surface area contributed by atoms with Crippen LogP contribution in [0.3, 0.4) is 0 Å². The van der Waals surface area contributed by atoms with Crippen molar-refractivity contribution in [3.05, 3.63) is 12.4 Å². The lowest BCUT2D eigenvalue weighted by atomic mass is 9.95. The summed E-state index contributed by atoms with van der Waals surface area (Å²) in [6, 6.07) is -0.127. The Labute approximate surface area is 133 Å². The number of nitrogens with zero attached hydrogens (tertiary/aromatic N) is 2. The highest BCUT2D eigenvalue weighted by atomic mass is 32.2. The number of hydrogen-bond acceptors (Lipinski definition) is 3. The van der Waals surface area contributed by atoms with Gasteiger partial charge in [-0.2, -0.15) is 16.9 Å². The minimum Gasteiger partial charge on any atom is -0.335 e. The summed E-state index contributed by atoms with van der Waals surface area (Å²) in [6.07, 6.45) is 4.61. The van der Waals surface area contributed by atoms with Gasteiger partial charge in [-0.25, -0.2) is 13.6 Å². The Balaban J connectivity index is 1.78. The molecule has 0 aliphatic heterocycles. The quantitative estimate of drug-likeness (QED) is 0.840. The summed E-state index contributed by atoms with van der Waals surface area (Å²) in [5, 5.41) is 9.99. The second-order valence-corrected chi connectivity index (χ2v) is 6.96. The minimum atomic E-state index is -2.46. The van der Waals surface area contributed by atoms with Crippen LogP contribution in [0.1, 0.15) is 32.6 Å². The van der Waals surface area contributed by atoms with Crippen molar-refractivity contribution in [1.29, 1.82) is 0 Å². The van der Waals surface area contributed by atoms with E-state index >= 15 is 0 Å². The van der Waals surface area contributed by atoms with E-state index in [4.69, 9.17) is 0 Å². The molecule has 0 spiro atoms. The van der Waals surface area contributed by atoms with Crippen molar-refractivity contribution in [2.75, 3.05) is 11.1 Å². The Kier molecular flexibility index (Phi) is 6.48. The molecule has 1 saturated carbocycles. The molecule has 8 heteroatoms. The van der Waals surface area contributed by atoms with Crippen LogP contribution in [0.5, 0.6) is 0 Å². The van der Waals surface area contributed by atoms with E-state index in [1.807, 2.05) is 11.8 Å². The number of rotatable bonds is 6. The Bertz CT molecular complexity index is 481. The van der Waals surface area contributed by atoms with E-state index in [9.17, 15) is 13.6 Å². The van der Waals surface area contributed by atoms with Crippen LogP contribution < -0.4 is 10.6 Å². The van der Waals surface area contributed by atoms with Crippen molar-refractivity contribution < 1.29 is 13.6 Å². The SMILES string of the molecule is CCS[C@@H]1CCC[C@H](NC(=O)Nc2cnn(CC(F)F)c2)C1. The molecule has 0 unspecified atom stereocenters. The average Bonchev–Trinajstić information content (AvgIpc) is 2.85. The van der Waals surface area contributed by atoms with Gasteiger partial charge in [0.2, 0.25) is 0 Å². The first kappa shape index (κ1) is 17.1. The fraction of sp³-hybridized carbons (Fsp3) is 0.714. The van der Waals surface area contributed by atoms with Crippen molar-refractivity contribution in [3.63, 3.8) is 0 Å². The molecule has 2 amide bonds. The van der Waals surface area contributed by atoms with Gasteiger partial charge in [0.1, 0.15) is 6.54 Å². The zero-order valence-corrected chi connectivity index (χ0v) is 13.4. The molecular formula is C14H22F2N4OS. The molecule has 1 heterocycles. The lowest BCUT2D eigenvalue weighted by Gasteiger charge is -2.29. The maximum Gasteiger partial charge on any atom is 0.319 e. The summed E-state index contributed by atoms with van der Waals surface area (Å²) >= 11 is 1.94. The number of aromatic nitrogens is 2. The lowest BCUT2D eigenvalue weighted by molar-refractivity contribution is 0.122. The summed E-state index contributed by atoms with van der Waals surface area (Å²) in [5.74, 6) is 1.09. The fourth-order valence-electron chi connectivity index (χ4n) is 2.69. The summed E-state index contributed by atoms with van der Waals surface area (Å²) in [5.41, 5.74) is 0.424. The van der Waals surface area contributed by atoms with E-state index in [0.29, 0.717) is 10.9 Å². The molecule has 2 N–H and O–H groups in total. The molecule has 1 aromatic heterocycles. The lowest BCUT2D eigenvalue weighted by Crippen LogP contribution is -2.41. The van der Waals surface area contributed by atoms with Crippen molar-refractivity contribution >= 4 is 23.5 Å². The maximum absolute atomic E-state index is 12.2. The van der Waals surface area contributed by atoms with Gasteiger partial charge in [-0.15, -0.1) is 0 Å². The molecule has 2 atom stereocenters. The maximum atomic E-state index is 12.2. The highest BCUT2D eigenvalue weighted by Gasteiger charge is 2.23. The third-order valence-electron chi connectivity index (χ3n) is 3.58. The molecule has 1 aromatic rings. The van der Waals surface area contributed by atoms with Gasteiger partial charge >= 0.3 is 6.03 Å². The number of carbonyl (C=O) groups excluding carboxylic acids is 1. The Morgan fingerprint density at radius 2 is 2.36 bits per heavy atom. The number of nitrogens with one attached hydrogen (secondary N) is 2. The molecule has 2 rings (SSSR count). The van der Waals surface area contributed by atoms with Crippen molar-refractivity contribution in [1.82, 2.24) is 15.1 Å². The third kappa shape index (κ3) is 5.47. The molecule has 1 fully saturated rings. The molecule has 1 aliphatic carbocycles. The molecule has 0 bridgehead atoms. The number of amides is 2. The van der Waals surface area contributed by atoms with E-state index in [1.54, 1.807) is 0 Å². The van der Waals surface area contributed by atoms with Gasteiger partial charge in [0.25, 0.3) is 6.43 Å². The minimum absolute atomic E-state index is 0.175. The zero-order valence-electron chi connectivity index (χ0n) is 12.6. The highest BCUT2D eigenvalue weighted by Crippen LogP contribution is 2.28. The monoisotopic (exact) mass is 332 g/mol.